The highest BCUT2D eigenvalue weighted by Gasteiger charge is 2.25. The van der Waals surface area contributed by atoms with E-state index in [0.717, 1.165) is 0 Å². The number of thioether (sulfide) groups is 1. The first-order chi connectivity index (χ1) is 12.5. The van der Waals surface area contributed by atoms with Crippen molar-refractivity contribution >= 4 is 29.3 Å². The van der Waals surface area contributed by atoms with Gasteiger partial charge in [-0.25, -0.2) is 19.3 Å². The Hall–Kier alpha value is -2.45. The van der Waals surface area contributed by atoms with E-state index < -0.39 is 17.8 Å². The molecule has 3 aromatic rings. The van der Waals surface area contributed by atoms with Crippen molar-refractivity contribution < 1.29 is 9.18 Å². The highest BCUT2D eigenvalue weighted by Crippen LogP contribution is 2.24. The Balaban J connectivity index is 2.00. The lowest BCUT2D eigenvalue weighted by molar-refractivity contribution is 0.0935. The Labute approximate surface area is 158 Å². The van der Waals surface area contributed by atoms with E-state index in [2.05, 4.69) is 20.3 Å². The standard InChI is InChI=1S/C17H15ClFN5OS/c1-24-8-7-20-15(24)13(10-5-3-4-6-12(10)19)22-16(25)14-11(18)9-21-17(23-14)26-2/h3-9,13H,1-2H3,(H,22,25)/t13-/m0/s1. The molecule has 6 nitrogen and oxygen atoms in total. The lowest BCUT2D eigenvalue weighted by Crippen LogP contribution is -2.32. The van der Waals surface area contributed by atoms with E-state index in [1.807, 2.05) is 0 Å². The van der Waals surface area contributed by atoms with Crippen LogP contribution in [-0.4, -0.2) is 31.7 Å². The normalized spacial score (nSPS) is 12.0. The molecule has 1 amide bonds. The minimum absolute atomic E-state index is 0.0292. The number of aromatic nitrogens is 4. The molecule has 1 atom stereocenters. The van der Waals surface area contributed by atoms with E-state index in [4.69, 9.17) is 11.6 Å². The van der Waals surface area contributed by atoms with Gasteiger partial charge < -0.3 is 9.88 Å². The molecule has 0 unspecified atom stereocenters. The van der Waals surface area contributed by atoms with Gasteiger partial charge in [-0.3, -0.25) is 4.79 Å². The first kappa shape index (κ1) is 18.3. The number of amides is 1. The second-order valence-electron chi connectivity index (χ2n) is 5.38. The summed E-state index contributed by atoms with van der Waals surface area (Å²) in [6, 6.07) is 5.42. The van der Waals surface area contributed by atoms with Crippen LogP contribution in [0.4, 0.5) is 4.39 Å². The van der Waals surface area contributed by atoms with Crippen LogP contribution in [0.5, 0.6) is 0 Å². The summed E-state index contributed by atoms with van der Waals surface area (Å²) in [5.74, 6) is -0.498. The van der Waals surface area contributed by atoms with E-state index in [-0.39, 0.29) is 10.7 Å². The molecular weight excluding hydrogens is 377 g/mol. The zero-order valence-corrected chi connectivity index (χ0v) is 15.6. The molecule has 0 aliphatic carbocycles. The molecule has 0 fully saturated rings. The highest BCUT2D eigenvalue weighted by molar-refractivity contribution is 7.98. The number of rotatable bonds is 5. The van der Waals surface area contributed by atoms with E-state index >= 15 is 0 Å². The minimum Gasteiger partial charge on any atom is -0.336 e. The van der Waals surface area contributed by atoms with Crippen LogP contribution in [-0.2, 0) is 7.05 Å². The van der Waals surface area contributed by atoms with Crippen LogP contribution < -0.4 is 5.32 Å². The van der Waals surface area contributed by atoms with Crippen LogP contribution in [0.1, 0.15) is 27.9 Å². The van der Waals surface area contributed by atoms with Crippen molar-refractivity contribution in [3.05, 3.63) is 70.8 Å². The number of benzene rings is 1. The Bertz CT molecular complexity index is 948. The maximum atomic E-state index is 14.4. The first-order valence-corrected chi connectivity index (χ1v) is 9.20. The third kappa shape index (κ3) is 3.71. The fourth-order valence-electron chi connectivity index (χ4n) is 2.45. The van der Waals surface area contributed by atoms with Gasteiger partial charge in [0.1, 0.15) is 17.7 Å². The Morgan fingerprint density at radius 3 is 2.77 bits per heavy atom. The van der Waals surface area contributed by atoms with Crippen molar-refractivity contribution in [3.63, 3.8) is 0 Å². The minimum atomic E-state index is -0.799. The average Bonchev–Trinajstić information content (AvgIpc) is 3.06. The zero-order chi connectivity index (χ0) is 18.7. The van der Waals surface area contributed by atoms with Crippen molar-refractivity contribution in [1.29, 1.82) is 0 Å². The van der Waals surface area contributed by atoms with Gasteiger partial charge in [-0.15, -0.1) is 0 Å². The number of halogens is 2. The van der Waals surface area contributed by atoms with Gasteiger partial charge in [0.2, 0.25) is 0 Å². The fraction of sp³-hybridized carbons (Fsp3) is 0.176. The summed E-state index contributed by atoms with van der Waals surface area (Å²) in [6.07, 6.45) is 6.47. The third-order valence-electron chi connectivity index (χ3n) is 3.73. The van der Waals surface area contributed by atoms with Crippen molar-refractivity contribution in [2.45, 2.75) is 11.2 Å². The lowest BCUT2D eigenvalue weighted by atomic mass is 10.1. The molecule has 3 rings (SSSR count). The van der Waals surface area contributed by atoms with E-state index in [9.17, 15) is 9.18 Å². The number of carbonyl (C=O) groups excluding carboxylic acids is 1. The molecule has 134 valence electrons. The van der Waals surface area contributed by atoms with Gasteiger partial charge in [0.15, 0.2) is 10.9 Å². The summed E-state index contributed by atoms with van der Waals surface area (Å²) >= 11 is 7.36. The van der Waals surface area contributed by atoms with Gasteiger partial charge in [0.25, 0.3) is 5.91 Å². The largest absolute Gasteiger partial charge is 0.336 e. The van der Waals surface area contributed by atoms with Crippen LogP contribution in [0, 0.1) is 5.82 Å². The van der Waals surface area contributed by atoms with Crippen LogP contribution in [0.15, 0.2) is 48.0 Å². The second-order valence-corrected chi connectivity index (χ2v) is 6.56. The fourth-order valence-corrected chi connectivity index (χ4v) is 2.97. The van der Waals surface area contributed by atoms with Crippen molar-refractivity contribution in [3.8, 4) is 0 Å². The lowest BCUT2D eigenvalue weighted by Gasteiger charge is -2.19. The molecule has 26 heavy (non-hydrogen) atoms. The summed E-state index contributed by atoms with van der Waals surface area (Å²) in [5.41, 5.74) is 0.326. The molecule has 2 heterocycles. The molecule has 1 aromatic carbocycles. The van der Waals surface area contributed by atoms with E-state index in [0.29, 0.717) is 16.5 Å². The number of imidazole rings is 1. The smallest absolute Gasteiger partial charge is 0.272 e. The highest BCUT2D eigenvalue weighted by atomic mass is 35.5. The number of hydrogen-bond donors (Lipinski definition) is 1. The maximum Gasteiger partial charge on any atom is 0.272 e. The number of nitrogens with one attached hydrogen (secondary N) is 1. The number of hydrogen-bond acceptors (Lipinski definition) is 5. The molecule has 0 radical (unpaired) electrons. The zero-order valence-electron chi connectivity index (χ0n) is 14.0. The molecule has 1 N–H and O–H groups in total. The SMILES string of the molecule is CSc1ncc(Cl)c(C(=O)N[C@@H](c2ccccc2F)c2nccn2C)n1. The van der Waals surface area contributed by atoms with E-state index in [1.165, 1.54) is 24.0 Å². The van der Waals surface area contributed by atoms with Crippen molar-refractivity contribution in [2.75, 3.05) is 6.26 Å². The molecule has 0 aliphatic heterocycles. The molecule has 2 aromatic heterocycles. The quantitative estimate of drug-likeness (QED) is 0.534. The molecular formula is C17H15ClFN5OS. The predicted molar refractivity (Wildman–Crippen MR) is 97.7 cm³/mol. The monoisotopic (exact) mass is 391 g/mol. The molecule has 0 aliphatic rings. The molecule has 0 saturated heterocycles. The third-order valence-corrected chi connectivity index (χ3v) is 4.57. The second kappa shape index (κ2) is 7.84. The predicted octanol–water partition coefficient (Wildman–Crippen LogP) is 3.24. The Kier molecular flexibility index (Phi) is 5.53. The Morgan fingerprint density at radius 2 is 2.12 bits per heavy atom. The molecule has 0 spiro atoms. The van der Waals surface area contributed by atoms with Gasteiger partial charge in [-0.2, -0.15) is 0 Å². The van der Waals surface area contributed by atoms with Gasteiger partial charge in [0.05, 0.1) is 11.2 Å². The number of nitrogens with zero attached hydrogens (tertiary/aromatic N) is 4. The van der Waals surface area contributed by atoms with Crippen LogP contribution >= 0.6 is 23.4 Å². The van der Waals surface area contributed by atoms with Gasteiger partial charge in [-0.1, -0.05) is 41.6 Å². The summed E-state index contributed by atoms with van der Waals surface area (Å²) in [7, 11) is 1.77. The molecule has 9 heteroatoms. The van der Waals surface area contributed by atoms with Gasteiger partial charge in [-0.05, 0) is 12.3 Å². The topological polar surface area (TPSA) is 72.7 Å². The maximum absolute atomic E-state index is 14.4. The van der Waals surface area contributed by atoms with Gasteiger partial charge >= 0.3 is 0 Å². The molecule has 0 bridgehead atoms. The van der Waals surface area contributed by atoms with E-state index in [1.54, 1.807) is 48.5 Å². The van der Waals surface area contributed by atoms with Crippen LogP contribution in [0.25, 0.3) is 0 Å². The van der Waals surface area contributed by atoms with Crippen LogP contribution in [0.3, 0.4) is 0 Å². The van der Waals surface area contributed by atoms with Crippen molar-refractivity contribution in [2.24, 2.45) is 7.05 Å². The average molecular weight is 392 g/mol. The summed E-state index contributed by atoms with van der Waals surface area (Å²) in [4.78, 5) is 25.2. The number of aryl methyl sites for hydroxylation is 1. The van der Waals surface area contributed by atoms with Crippen LogP contribution in [0.2, 0.25) is 5.02 Å². The first-order valence-electron chi connectivity index (χ1n) is 7.60. The van der Waals surface area contributed by atoms with Gasteiger partial charge in [0, 0.05) is 25.0 Å². The molecule has 0 saturated carbocycles. The summed E-state index contributed by atoms with van der Waals surface area (Å²) < 4.78 is 16.1. The Morgan fingerprint density at radius 1 is 1.35 bits per heavy atom. The number of carbonyl (C=O) groups is 1. The summed E-state index contributed by atoms with van der Waals surface area (Å²) in [6.45, 7) is 0. The van der Waals surface area contributed by atoms with Crippen molar-refractivity contribution in [1.82, 2.24) is 24.8 Å². The summed E-state index contributed by atoms with van der Waals surface area (Å²) in [5, 5.41) is 3.31.